The summed E-state index contributed by atoms with van der Waals surface area (Å²) in [5, 5.41) is 12.1. The quantitative estimate of drug-likeness (QED) is 0.740. The molecule has 3 aliphatic rings. The van der Waals surface area contributed by atoms with Gasteiger partial charge in [-0.1, -0.05) is 6.42 Å². The molecule has 0 bridgehead atoms. The fraction of sp³-hybridized carbons (Fsp3) is 0.478. The maximum Gasteiger partial charge on any atom is 0.148 e. The van der Waals surface area contributed by atoms with Gasteiger partial charge in [0.05, 0.1) is 24.6 Å². The molecule has 2 aliphatic heterocycles. The van der Waals surface area contributed by atoms with Crippen LogP contribution in [0.25, 0.3) is 0 Å². The first kappa shape index (κ1) is 20.2. The summed E-state index contributed by atoms with van der Waals surface area (Å²) in [6, 6.07) is 7.00. The molecule has 2 aromatic heterocycles. The number of hydrogen-bond donors (Lipinski definition) is 1. The van der Waals surface area contributed by atoms with E-state index in [-0.39, 0.29) is 11.2 Å². The molecule has 4 heterocycles. The van der Waals surface area contributed by atoms with Crippen LogP contribution in [0.5, 0.6) is 0 Å². The van der Waals surface area contributed by atoms with Gasteiger partial charge in [0.1, 0.15) is 17.3 Å². The van der Waals surface area contributed by atoms with Crippen molar-refractivity contribution in [3.05, 3.63) is 59.4 Å². The highest BCUT2D eigenvalue weighted by atomic mass is 19.1. The Morgan fingerprint density at radius 3 is 2.71 bits per heavy atom. The SMILES string of the molecule is Fc1cccnc1C1(CNc2ccc(C3=NC=C(CN4CCOCC4)C3)nn2)CCC1. The Bertz CT molecular complexity index is 980. The molecule has 1 N–H and O–H groups in total. The smallest absolute Gasteiger partial charge is 0.148 e. The van der Waals surface area contributed by atoms with Crippen LogP contribution in [0.3, 0.4) is 0 Å². The van der Waals surface area contributed by atoms with Gasteiger partial charge < -0.3 is 10.1 Å². The fourth-order valence-electron chi connectivity index (χ4n) is 4.49. The summed E-state index contributed by atoms with van der Waals surface area (Å²) in [5.41, 5.74) is 3.34. The number of morpholine rings is 1. The van der Waals surface area contributed by atoms with Crippen molar-refractivity contribution >= 4 is 11.5 Å². The third-order valence-electron chi connectivity index (χ3n) is 6.47. The van der Waals surface area contributed by atoms with Crippen LogP contribution in [-0.4, -0.2) is 65.2 Å². The van der Waals surface area contributed by atoms with E-state index in [1.54, 1.807) is 12.3 Å². The van der Waals surface area contributed by atoms with Crippen molar-refractivity contribution in [2.24, 2.45) is 4.99 Å². The van der Waals surface area contributed by atoms with Gasteiger partial charge in [-0.15, -0.1) is 10.2 Å². The number of anilines is 1. The minimum absolute atomic E-state index is 0.231. The second-order valence-electron chi connectivity index (χ2n) is 8.55. The van der Waals surface area contributed by atoms with Crippen LogP contribution in [0.1, 0.15) is 37.1 Å². The lowest BCUT2D eigenvalue weighted by atomic mass is 9.66. The lowest BCUT2D eigenvalue weighted by Crippen LogP contribution is -2.42. The molecule has 7 nitrogen and oxygen atoms in total. The molecule has 31 heavy (non-hydrogen) atoms. The van der Waals surface area contributed by atoms with Gasteiger partial charge in [-0.3, -0.25) is 14.9 Å². The molecule has 1 saturated heterocycles. The van der Waals surface area contributed by atoms with Gasteiger partial charge in [0.2, 0.25) is 0 Å². The number of halogens is 1. The number of nitrogens with zero attached hydrogens (tertiary/aromatic N) is 5. The van der Waals surface area contributed by atoms with Gasteiger partial charge in [-0.25, -0.2) is 4.39 Å². The standard InChI is InChI=1S/C23H27FN6O/c24-18-3-1-8-25-22(18)23(6-2-7-23)16-27-21-5-4-19(28-29-21)20-13-17(14-26-20)15-30-9-11-31-12-10-30/h1,3-5,8,14H,2,6-7,9-13,15-16H2,(H,27,29). The third-order valence-corrected chi connectivity index (χ3v) is 6.47. The zero-order valence-corrected chi connectivity index (χ0v) is 17.6. The Balaban J connectivity index is 1.17. The van der Waals surface area contributed by atoms with Crippen LogP contribution in [0.2, 0.25) is 0 Å². The van der Waals surface area contributed by atoms with E-state index in [0.717, 1.165) is 69.9 Å². The second kappa shape index (κ2) is 8.80. The summed E-state index contributed by atoms with van der Waals surface area (Å²) in [4.78, 5) is 11.3. The van der Waals surface area contributed by atoms with E-state index in [1.165, 1.54) is 11.6 Å². The molecule has 0 amide bonds. The molecular weight excluding hydrogens is 395 g/mol. The number of rotatable bonds is 7. The monoisotopic (exact) mass is 422 g/mol. The number of aromatic nitrogens is 3. The van der Waals surface area contributed by atoms with Crippen molar-refractivity contribution in [3.63, 3.8) is 0 Å². The largest absolute Gasteiger partial charge is 0.379 e. The summed E-state index contributed by atoms with van der Waals surface area (Å²) in [6.07, 6.45) is 7.36. The molecule has 0 atom stereocenters. The van der Waals surface area contributed by atoms with Crippen molar-refractivity contribution in [3.8, 4) is 0 Å². The van der Waals surface area contributed by atoms with Crippen LogP contribution in [-0.2, 0) is 10.2 Å². The average Bonchev–Trinajstić information content (AvgIpc) is 3.24. The fourth-order valence-corrected chi connectivity index (χ4v) is 4.49. The predicted molar refractivity (Wildman–Crippen MR) is 117 cm³/mol. The Kier molecular flexibility index (Phi) is 5.74. The van der Waals surface area contributed by atoms with Gasteiger partial charge in [-0.05, 0) is 42.7 Å². The molecule has 1 saturated carbocycles. The molecule has 162 valence electrons. The Morgan fingerprint density at radius 1 is 1.13 bits per heavy atom. The number of aliphatic imine (C=N–C) groups is 1. The maximum atomic E-state index is 14.3. The summed E-state index contributed by atoms with van der Waals surface area (Å²) in [7, 11) is 0. The van der Waals surface area contributed by atoms with E-state index in [2.05, 4.69) is 30.4 Å². The normalized spacial score (nSPS) is 20.7. The molecule has 0 unspecified atom stereocenters. The van der Waals surface area contributed by atoms with E-state index >= 15 is 0 Å². The molecule has 2 fully saturated rings. The van der Waals surface area contributed by atoms with E-state index in [9.17, 15) is 4.39 Å². The lowest BCUT2D eigenvalue weighted by molar-refractivity contribution is 0.0422. The topological polar surface area (TPSA) is 75.5 Å². The molecule has 2 aromatic rings. The Morgan fingerprint density at radius 2 is 2.00 bits per heavy atom. The highest BCUT2D eigenvalue weighted by molar-refractivity contribution is 6.02. The first-order valence-electron chi connectivity index (χ1n) is 11.0. The molecule has 1 aliphatic carbocycles. The molecule has 8 heteroatoms. The minimum Gasteiger partial charge on any atom is -0.379 e. The van der Waals surface area contributed by atoms with Crippen molar-refractivity contribution < 1.29 is 9.13 Å². The van der Waals surface area contributed by atoms with E-state index < -0.39 is 0 Å². The molecular formula is C23H27FN6O. The summed E-state index contributed by atoms with van der Waals surface area (Å²) in [6.45, 7) is 5.06. The zero-order chi connectivity index (χ0) is 21.1. The molecule has 0 aromatic carbocycles. The lowest BCUT2D eigenvalue weighted by Gasteiger charge is -2.41. The highest BCUT2D eigenvalue weighted by Crippen LogP contribution is 2.43. The predicted octanol–water partition coefficient (Wildman–Crippen LogP) is 2.95. The van der Waals surface area contributed by atoms with Crippen molar-refractivity contribution in [1.82, 2.24) is 20.1 Å². The summed E-state index contributed by atoms with van der Waals surface area (Å²) < 4.78 is 19.7. The number of ether oxygens (including phenoxy) is 1. The highest BCUT2D eigenvalue weighted by Gasteiger charge is 2.41. The Labute approximate surface area is 181 Å². The minimum atomic E-state index is -0.264. The summed E-state index contributed by atoms with van der Waals surface area (Å²) in [5.74, 6) is 0.455. The van der Waals surface area contributed by atoms with Gasteiger partial charge in [0.15, 0.2) is 0 Å². The van der Waals surface area contributed by atoms with Gasteiger partial charge in [0, 0.05) is 50.4 Å². The van der Waals surface area contributed by atoms with Gasteiger partial charge >= 0.3 is 0 Å². The van der Waals surface area contributed by atoms with Crippen LogP contribution in [0.4, 0.5) is 10.2 Å². The van der Waals surface area contributed by atoms with E-state index in [4.69, 9.17) is 4.74 Å². The first-order valence-corrected chi connectivity index (χ1v) is 11.0. The van der Waals surface area contributed by atoms with Crippen LogP contribution in [0, 0.1) is 5.82 Å². The molecule has 5 rings (SSSR count). The van der Waals surface area contributed by atoms with Gasteiger partial charge in [0.25, 0.3) is 0 Å². The van der Waals surface area contributed by atoms with Crippen LogP contribution < -0.4 is 5.32 Å². The Hall–Kier alpha value is -2.71. The van der Waals surface area contributed by atoms with Crippen molar-refractivity contribution in [2.45, 2.75) is 31.1 Å². The van der Waals surface area contributed by atoms with E-state index in [0.29, 0.717) is 18.1 Å². The third kappa shape index (κ3) is 4.36. The zero-order valence-electron chi connectivity index (χ0n) is 17.6. The van der Waals surface area contributed by atoms with Gasteiger partial charge in [-0.2, -0.15) is 0 Å². The first-order chi connectivity index (χ1) is 15.2. The van der Waals surface area contributed by atoms with E-state index in [1.807, 2.05) is 18.3 Å². The average molecular weight is 423 g/mol. The number of hydrogen-bond acceptors (Lipinski definition) is 7. The molecule has 0 radical (unpaired) electrons. The van der Waals surface area contributed by atoms with Crippen LogP contribution in [0.15, 0.2) is 47.2 Å². The second-order valence-corrected chi connectivity index (χ2v) is 8.55. The number of nitrogens with one attached hydrogen (secondary N) is 1. The van der Waals surface area contributed by atoms with Crippen molar-refractivity contribution in [2.75, 3.05) is 44.7 Å². The maximum absolute atomic E-state index is 14.3. The number of pyridine rings is 1. The van der Waals surface area contributed by atoms with Crippen molar-refractivity contribution in [1.29, 1.82) is 0 Å². The molecule has 0 spiro atoms. The summed E-state index contributed by atoms with van der Waals surface area (Å²) >= 11 is 0. The van der Waals surface area contributed by atoms with Crippen LogP contribution >= 0.6 is 0 Å².